The SMILES string of the molecule is CCc1c(C)sc(NC(=S)Nc2c(F)c(F)c(F)c(F)c2F)c1C(=O)OC. The first-order valence-corrected chi connectivity index (χ1v) is 8.66. The van der Waals surface area contributed by atoms with Crippen LogP contribution in [0.1, 0.15) is 27.7 Å². The Hall–Kier alpha value is -2.27. The van der Waals surface area contributed by atoms with E-state index in [4.69, 9.17) is 17.0 Å². The molecule has 2 aromatic rings. The molecule has 1 aromatic heterocycles. The molecule has 1 heterocycles. The summed E-state index contributed by atoms with van der Waals surface area (Å²) >= 11 is 6.02. The van der Waals surface area contributed by atoms with Crippen molar-refractivity contribution in [3.8, 4) is 0 Å². The van der Waals surface area contributed by atoms with Crippen molar-refractivity contribution < 1.29 is 31.5 Å². The number of hydrogen-bond acceptors (Lipinski definition) is 4. The Morgan fingerprint density at radius 2 is 1.56 bits per heavy atom. The first kappa shape index (κ1) is 21.0. The highest BCUT2D eigenvalue weighted by Gasteiger charge is 2.27. The molecular formula is C16H13F5N2O2S2. The molecule has 1 aromatic carbocycles. The molecule has 146 valence electrons. The van der Waals surface area contributed by atoms with Gasteiger partial charge in [-0.15, -0.1) is 11.3 Å². The molecule has 11 heteroatoms. The van der Waals surface area contributed by atoms with E-state index < -0.39 is 45.9 Å². The molecule has 27 heavy (non-hydrogen) atoms. The van der Waals surface area contributed by atoms with Crippen molar-refractivity contribution in [2.45, 2.75) is 20.3 Å². The van der Waals surface area contributed by atoms with Crippen molar-refractivity contribution >= 4 is 45.3 Å². The zero-order valence-electron chi connectivity index (χ0n) is 14.2. The smallest absolute Gasteiger partial charge is 0.341 e. The molecule has 0 fully saturated rings. The van der Waals surface area contributed by atoms with Gasteiger partial charge < -0.3 is 15.4 Å². The van der Waals surface area contributed by atoms with Gasteiger partial charge in [0.1, 0.15) is 10.7 Å². The second-order valence-electron chi connectivity index (χ2n) is 5.21. The van der Waals surface area contributed by atoms with Crippen LogP contribution in [0.4, 0.5) is 32.6 Å². The third-order valence-corrected chi connectivity index (χ3v) is 4.89. The Balaban J connectivity index is 2.37. The normalized spacial score (nSPS) is 10.7. The van der Waals surface area contributed by atoms with Gasteiger partial charge in [0.05, 0.1) is 12.7 Å². The highest BCUT2D eigenvalue weighted by Crippen LogP contribution is 2.34. The van der Waals surface area contributed by atoms with Crippen LogP contribution in [0, 0.1) is 36.0 Å². The van der Waals surface area contributed by atoms with Crippen molar-refractivity contribution in [2.75, 3.05) is 17.7 Å². The zero-order valence-corrected chi connectivity index (χ0v) is 15.9. The molecule has 0 atom stereocenters. The van der Waals surface area contributed by atoms with Gasteiger partial charge >= 0.3 is 5.97 Å². The van der Waals surface area contributed by atoms with Gasteiger partial charge in [0.15, 0.2) is 28.4 Å². The van der Waals surface area contributed by atoms with E-state index in [-0.39, 0.29) is 10.6 Å². The average molecular weight is 424 g/mol. The van der Waals surface area contributed by atoms with Gasteiger partial charge in [0, 0.05) is 4.88 Å². The second kappa shape index (κ2) is 8.17. The summed E-state index contributed by atoms with van der Waals surface area (Å²) in [5.74, 6) is -11.2. The highest BCUT2D eigenvalue weighted by atomic mass is 32.1. The molecular weight excluding hydrogens is 411 g/mol. The first-order valence-electron chi connectivity index (χ1n) is 7.43. The molecule has 0 aliphatic heterocycles. The summed E-state index contributed by atoms with van der Waals surface area (Å²) in [4.78, 5) is 12.8. The van der Waals surface area contributed by atoms with Gasteiger partial charge in [-0.05, 0) is 31.1 Å². The lowest BCUT2D eigenvalue weighted by molar-refractivity contribution is 0.0601. The first-order chi connectivity index (χ1) is 12.6. The predicted molar refractivity (Wildman–Crippen MR) is 95.8 cm³/mol. The number of benzene rings is 1. The Morgan fingerprint density at radius 3 is 2.04 bits per heavy atom. The number of anilines is 2. The standard InChI is InChI=1S/C16H13F5N2O2S2/c1-4-6-5(2)27-14(7(6)15(24)25-3)23-16(26)22-13-11(20)9(18)8(17)10(19)12(13)21/h4H2,1-3H3,(H2,22,23,26). The van der Waals surface area contributed by atoms with Crippen molar-refractivity contribution in [3.05, 3.63) is 45.1 Å². The summed E-state index contributed by atoms with van der Waals surface area (Å²) in [5.41, 5.74) is -0.426. The van der Waals surface area contributed by atoms with Crippen LogP contribution in [-0.4, -0.2) is 18.2 Å². The highest BCUT2D eigenvalue weighted by molar-refractivity contribution is 7.80. The van der Waals surface area contributed by atoms with Crippen LogP contribution < -0.4 is 10.6 Å². The summed E-state index contributed by atoms with van der Waals surface area (Å²) in [7, 11) is 1.18. The minimum atomic E-state index is -2.27. The zero-order chi connectivity index (χ0) is 20.5. The number of methoxy groups -OCH3 is 1. The Labute approximate surface area is 160 Å². The summed E-state index contributed by atoms with van der Waals surface area (Å²) in [6.45, 7) is 3.57. The fourth-order valence-corrected chi connectivity index (χ4v) is 3.78. The monoisotopic (exact) mass is 424 g/mol. The molecule has 0 spiro atoms. The van der Waals surface area contributed by atoms with Gasteiger partial charge in [-0.25, -0.2) is 26.7 Å². The third-order valence-electron chi connectivity index (χ3n) is 3.63. The van der Waals surface area contributed by atoms with Crippen LogP contribution in [0.5, 0.6) is 0 Å². The van der Waals surface area contributed by atoms with Crippen molar-refractivity contribution in [1.82, 2.24) is 0 Å². The molecule has 0 saturated heterocycles. The van der Waals surface area contributed by atoms with E-state index >= 15 is 0 Å². The molecule has 0 amide bonds. The van der Waals surface area contributed by atoms with Crippen LogP contribution in [-0.2, 0) is 11.2 Å². The quantitative estimate of drug-likeness (QED) is 0.240. The van der Waals surface area contributed by atoms with E-state index in [0.717, 1.165) is 16.2 Å². The molecule has 0 saturated carbocycles. The topological polar surface area (TPSA) is 50.4 Å². The lowest BCUT2D eigenvalue weighted by atomic mass is 10.1. The number of aryl methyl sites for hydroxylation is 1. The Kier molecular flexibility index (Phi) is 6.37. The van der Waals surface area contributed by atoms with Gasteiger partial charge in [-0.1, -0.05) is 6.92 Å². The molecule has 0 radical (unpaired) electrons. The predicted octanol–water partition coefficient (Wildman–Crippen LogP) is 4.91. The van der Waals surface area contributed by atoms with E-state index in [1.165, 1.54) is 7.11 Å². The number of esters is 1. The van der Waals surface area contributed by atoms with E-state index in [0.29, 0.717) is 12.0 Å². The van der Waals surface area contributed by atoms with Crippen LogP contribution in [0.3, 0.4) is 0 Å². The summed E-state index contributed by atoms with van der Waals surface area (Å²) < 4.78 is 71.9. The molecule has 2 N–H and O–H groups in total. The number of thiophene rings is 1. The van der Waals surface area contributed by atoms with Gasteiger partial charge in [-0.2, -0.15) is 0 Å². The lowest BCUT2D eigenvalue weighted by Crippen LogP contribution is -2.22. The van der Waals surface area contributed by atoms with Crippen molar-refractivity contribution in [2.24, 2.45) is 0 Å². The average Bonchev–Trinajstić information content (AvgIpc) is 2.95. The minimum Gasteiger partial charge on any atom is -0.465 e. The van der Waals surface area contributed by atoms with Gasteiger partial charge in [-0.3, -0.25) is 0 Å². The molecule has 0 aliphatic rings. The largest absolute Gasteiger partial charge is 0.465 e. The fourth-order valence-electron chi connectivity index (χ4n) is 2.37. The maximum atomic E-state index is 13.7. The number of carbonyl (C=O) groups is 1. The van der Waals surface area contributed by atoms with Crippen molar-refractivity contribution in [3.63, 3.8) is 0 Å². The second-order valence-corrected chi connectivity index (χ2v) is 6.84. The summed E-state index contributed by atoms with van der Waals surface area (Å²) in [5, 5.41) is 4.24. The number of nitrogens with one attached hydrogen (secondary N) is 2. The molecule has 0 unspecified atom stereocenters. The number of thiocarbonyl (C=S) groups is 1. The maximum absolute atomic E-state index is 13.7. The minimum absolute atomic E-state index is 0.184. The summed E-state index contributed by atoms with van der Waals surface area (Å²) in [6.07, 6.45) is 0.506. The fraction of sp³-hybridized carbons (Fsp3) is 0.250. The Bertz CT molecular complexity index is 901. The Morgan fingerprint density at radius 1 is 1.04 bits per heavy atom. The lowest BCUT2D eigenvalue weighted by Gasteiger charge is -2.13. The van der Waals surface area contributed by atoms with E-state index in [2.05, 4.69) is 5.32 Å². The maximum Gasteiger partial charge on any atom is 0.341 e. The van der Waals surface area contributed by atoms with Crippen LogP contribution >= 0.6 is 23.6 Å². The molecule has 0 aliphatic carbocycles. The molecule has 0 bridgehead atoms. The summed E-state index contributed by atoms with van der Waals surface area (Å²) in [6, 6.07) is 0. The van der Waals surface area contributed by atoms with Crippen molar-refractivity contribution in [1.29, 1.82) is 0 Å². The number of rotatable bonds is 4. The van der Waals surface area contributed by atoms with Gasteiger partial charge in [0.25, 0.3) is 0 Å². The number of hydrogen-bond donors (Lipinski definition) is 2. The molecule has 2 rings (SSSR count). The van der Waals surface area contributed by atoms with E-state index in [1.807, 2.05) is 12.2 Å². The third kappa shape index (κ3) is 3.88. The van der Waals surface area contributed by atoms with Crippen LogP contribution in [0.25, 0.3) is 0 Å². The molecule has 4 nitrogen and oxygen atoms in total. The van der Waals surface area contributed by atoms with Gasteiger partial charge in [0.2, 0.25) is 5.82 Å². The van der Waals surface area contributed by atoms with E-state index in [9.17, 15) is 26.7 Å². The number of halogens is 5. The van der Waals surface area contributed by atoms with Crippen LogP contribution in [0.15, 0.2) is 0 Å². The van der Waals surface area contributed by atoms with E-state index in [1.54, 1.807) is 6.92 Å². The van der Waals surface area contributed by atoms with Crippen LogP contribution in [0.2, 0.25) is 0 Å². The number of carbonyl (C=O) groups excluding carboxylic acids is 1. The number of ether oxygens (including phenoxy) is 1.